The Labute approximate surface area is 152 Å². The molecule has 3 aromatic carbocycles. The monoisotopic (exact) mass is 345 g/mol. The molecule has 0 aliphatic heterocycles. The van der Waals surface area contributed by atoms with Crippen molar-refractivity contribution in [2.24, 2.45) is 0 Å². The van der Waals surface area contributed by atoms with Crippen molar-refractivity contribution in [3.63, 3.8) is 0 Å². The van der Waals surface area contributed by atoms with Gasteiger partial charge in [0.1, 0.15) is 0 Å². The van der Waals surface area contributed by atoms with E-state index in [0.29, 0.717) is 5.56 Å². The molecule has 0 unspecified atom stereocenters. The third kappa shape index (κ3) is 3.98. The first-order valence-electron chi connectivity index (χ1n) is 8.30. The number of hydrogen-bond acceptors (Lipinski definition) is 3. The molecule has 0 aromatic heterocycles. The summed E-state index contributed by atoms with van der Waals surface area (Å²) in [6, 6.07) is 26.0. The highest BCUT2D eigenvalue weighted by Gasteiger charge is 2.17. The molecule has 26 heavy (non-hydrogen) atoms. The second-order valence-corrected chi connectivity index (χ2v) is 5.78. The maximum atomic E-state index is 12.5. The second kappa shape index (κ2) is 8.12. The normalized spacial score (nSPS) is 10.2. The Morgan fingerprint density at radius 3 is 2.08 bits per heavy atom. The lowest BCUT2D eigenvalue weighted by molar-refractivity contribution is -0.121. The summed E-state index contributed by atoms with van der Waals surface area (Å²) in [7, 11) is 1.66. The van der Waals surface area contributed by atoms with E-state index in [1.165, 1.54) is 4.90 Å². The van der Waals surface area contributed by atoms with Crippen LogP contribution in [-0.4, -0.2) is 25.5 Å². The minimum Gasteiger partial charge on any atom is -0.452 e. The molecule has 1 amide bonds. The number of benzene rings is 3. The number of carbonyl (C=O) groups is 2. The predicted molar refractivity (Wildman–Crippen MR) is 102 cm³/mol. The average molecular weight is 345 g/mol. The number of ether oxygens (including phenoxy) is 1. The zero-order chi connectivity index (χ0) is 18.4. The van der Waals surface area contributed by atoms with E-state index in [1.54, 1.807) is 19.2 Å². The second-order valence-electron chi connectivity index (χ2n) is 5.78. The molecule has 0 atom stereocenters. The van der Waals surface area contributed by atoms with Crippen molar-refractivity contribution in [3.8, 4) is 11.1 Å². The molecular formula is C22H19NO3. The van der Waals surface area contributed by atoms with Gasteiger partial charge in [-0.2, -0.15) is 0 Å². The van der Waals surface area contributed by atoms with E-state index < -0.39 is 5.97 Å². The molecule has 0 heterocycles. The van der Waals surface area contributed by atoms with Crippen molar-refractivity contribution in [1.82, 2.24) is 0 Å². The number of likely N-dealkylation sites (N-methyl/N-ethyl adjacent to an activating group) is 1. The molecule has 0 bridgehead atoms. The molecule has 0 saturated heterocycles. The Kier molecular flexibility index (Phi) is 5.44. The van der Waals surface area contributed by atoms with Gasteiger partial charge in [-0.25, -0.2) is 4.79 Å². The first kappa shape index (κ1) is 17.4. The van der Waals surface area contributed by atoms with E-state index in [1.807, 2.05) is 72.8 Å². The number of rotatable bonds is 5. The number of hydrogen-bond donors (Lipinski definition) is 0. The maximum Gasteiger partial charge on any atom is 0.339 e. The Balaban J connectivity index is 1.71. The van der Waals surface area contributed by atoms with E-state index >= 15 is 0 Å². The van der Waals surface area contributed by atoms with Gasteiger partial charge in [0.25, 0.3) is 5.91 Å². The van der Waals surface area contributed by atoms with E-state index in [4.69, 9.17) is 4.74 Å². The van der Waals surface area contributed by atoms with Crippen LogP contribution in [0.1, 0.15) is 10.4 Å². The Hall–Kier alpha value is -3.40. The molecule has 3 rings (SSSR count). The standard InChI is InChI=1S/C22H19NO3/c1-23(18-12-6-3-7-13-18)21(24)16-26-22(25)20-15-9-8-14-19(20)17-10-4-2-5-11-17/h2-15H,16H2,1H3. The Morgan fingerprint density at radius 2 is 1.38 bits per heavy atom. The van der Waals surface area contributed by atoms with Crippen LogP contribution in [0.3, 0.4) is 0 Å². The molecule has 0 fully saturated rings. The quantitative estimate of drug-likeness (QED) is 0.652. The van der Waals surface area contributed by atoms with Gasteiger partial charge in [-0.05, 0) is 29.3 Å². The molecule has 4 heteroatoms. The van der Waals surface area contributed by atoms with Crippen LogP contribution >= 0.6 is 0 Å². The molecule has 0 radical (unpaired) electrons. The zero-order valence-corrected chi connectivity index (χ0v) is 14.5. The smallest absolute Gasteiger partial charge is 0.339 e. The summed E-state index contributed by atoms with van der Waals surface area (Å²) in [4.78, 5) is 26.3. The summed E-state index contributed by atoms with van der Waals surface area (Å²) in [5.74, 6) is -0.805. The van der Waals surface area contributed by atoms with Crippen molar-refractivity contribution < 1.29 is 14.3 Å². The lowest BCUT2D eigenvalue weighted by Crippen LogP contribution is -2.31. The molecule has 130 valence electrons. The summed E-state index contributed by atoms with van der Waals surface area (Å²) < 4.78 is 5.26. The van der Waals surface area contributed by atoms with Crippen LogP contribution < -0.4 is 4.90 Å². The van der Waals surface area contributed by atoms with Gasteiger partial charge in [0.05, 0.1) is 5.56 Å². The largest absolute Gasteiger partial charge is 0.452 e. The highest BCUT2D eigenvalue weighted by Crippen LogP contribution is 2.24. The summed E-state index contributed by atoms with van der Waals surface area (Å²) in [6.07, 6.45) is 0. The summed E-state index contributed by atoms with van der Waals surface area (Å²) in [5, 5.41) is 0. The van der Waals surface area contributed by atoms with Gasteiger partial charge < -0.3 is 9.64 Å². The van der Waals surface area contributed by atoms with Gasteiger partial charge in [0, 0.05) is 12.7 Å². The van der Waals surface area contributed by atoms with Gasteiger partial charge >= 0.3 is 5.97 Å². The van der Waals surface area contributed by atoms with Gasteiger partial charge in [-0.3, -0.25) is 4.79 Å². The zero-order valence-electron chi connectivity index (χ0n) is 14.5. The van der Waals surface area contributed by atoms with E-state index in [2.05, 4.69) is 0 Å². The lowest BCUT2D eigenvalue weighted by Gasteiger charge is -2.17. The molecule has 0 saturated carbocycles. The molecule has 0 N–H and O–H groups in total. The number of esters is 1. The maximum absolute atomic E-state index is 12.5. The van der Waals surface area contributed by atoms with Crippen molar-refractivity contribution in [2.45, 2.75) is 0 Å². The van der Waals surface area contributed by atoms with Crippen LogP contribution in [0.25, 0.3) is 11.1 Å². The van der Waals surface area contributed by atoms with Crippen molar-refractivity contribution >= 4 is 17.6 Å². The summed E-state index contributed by atoms with van der Waals surface area (Å²) in [5.41, 5.74) is 2.89. The third-order valence-corrected chi connectivity index (χ3v) is 4.08. The van der Waals surface area contributed by atoms with Crippen LogP contribution in [0.4, 0.5) is 5.69 Å². The molecule has 0 aliphatic rings. The van der Waals surface area contributed by atoms with E-state index in [9.17, 15) is 9.59 Å². The van der Waals surface area contributed by atoms with Crippen LogP contribution in [0.2, 0.25) is 0 Å². The van der Waals surface area contributed by atoms with Crippen LogP contribution in [0, 0.1) is 0 Å². The van der Waals surface area contributed by atoms with Gasteiger partial charge in [0.15, 0.2) is 6.61 Å². The first-order chi connectivity index (χ1) is 12.7. The number of para-hydroxylation sites is 1. The first-order valence-corrected chi connectivity index (χ1v) is 8.30. The summed E-state index contributed by atoms with van der Waals surface area (Å²) in [6.45, 7) is -0.312. The minimum atomic E-state index is -0.515. The number of anilines is 1. The number of nitrogens with zero attached hydrogens (tertiary/aromatic N) is 1. The van der Waals surface area contributed by atoms with Gasteiger partial charge in [0.2, 0.25) is 0 Å². The number of amides is 1. The fraction of sp³-hybridized carbons (Fsp3) is 0.0909. The average Bonchev–Trinajstić information content (AvgIpc) is 2.72. The molecule has 4 nitrogen and oxygen atoms in total. The molecule has 0 spiro atoms. The Morgan fingerprint density at radius 1 is 0.808 bits per heavy atom. The lowest BCUT2D eigenvalue weighted by atomic mass is 10.00. The molecule has 0 aliphatic carbocycles. The molecular weight excluding hydrogens is 326 g/mol. The molecule has 3 aromatic rings. The summed E-state index contributed by atoms with van der Waals surface area (Å²) >= 11 is 0. The van der Waals surface area contributed by atoms with Gasteiger partial charge in [-0.1, -0.05) is 66.7 Å². The highest BCUT2D eigenvalue weighted by atomic mass is 16.5. The van der Waals surface area contributed by atoms with Gasteiger partial charge in [-0.15, -0.1) is 0 Å². The fourth-order valence-corrected chi connectivity index (χ4v) is 2.63. The topological polar surface area (TPSA) is 46.6 Å². The van der Waals surface area contributed by atoms with Crippen molar-refractivity contribution in [3.05, 3.63) is 90.5 Å². The van der Waals surface area contributed by atoms with Crippen LogP contribution in [0.5, 0.6) is 0 Å². The third-order valence-electron chi connectivity index (χ3n) is 4.08. The fourth-order valence-electron chi connectivity index (χ4n) is 2.63. The SMILES string of the molecule is CN(C(=O)COC(=O)c1ccccc1-c1ccccc1)c1ccccc1. The minimum absolute atomic E-state index is 0.290. The van der Waals surface area contributed by atoms with Crippen molar-refractivity contribution in [2.75, 3.05) is 18.6 Å². The van der Waals surface area contributed by atoms with Crippen LogP contribution in [-0.2, 0) is 9.53 Å². The highest BCUT2D eigenvalue weighted by molar-refractivity contribution is 6.00. The Bertz CT molecular complexity index is 892. The van der Waals surface area contributed by atoms with E-state index in [-0.39, 0.29) is 12.5 Å². The number of carbonyl (C=O) groups excluding carboxylic acids is 2. The van der Waals surface area contributed by atoms with E-state index in [0.717, 1.165) is 16.8 Å². The van der Waals surface area contributed by atoms with Crippen LogP contribution in [0.15, 0.2) is 84.9 Å². The predicted octanol–water partition coefficient (Wildman–Crippen LogP) is 4.17. The van der Waals surface area contributed by atoms with Crippen molar-refractivity contribution in [1.29, 1.82) is 0 Å².